The monoisotopic (exact) mass is 567 g/mol. The average molecular weight is 568 g/mol. The number of fused-ring (bicyclic) bond motifs is 1. The number of aliphatic hydroxyl groups excluding tert-OH is 2. The van der Waals surface area contributed by atoms with E-state index in [9.17, 15) is 19.3 Å². The first-order chi connectivity index (χ1) is 16.5. The van der Waals surface area contributed by atoms with Crippen molar-refractivity contribution in [2.75, 3.05) is 17.8 Å². The number of rotatable bonds is 9. The summed E-state index contributed by atoms with van der Waals surface area (Å²) >= 11 is 12.3. The normalized spacial score (nSPS) is 23.1. The number of anilines is 1. The fourth-order valence-corrected chi connectivity index (χ4v) is 5.55. The lowest BCUT2D eigenvalue weighted by molar-refractivity contribution is -0.0534. The molecule has 5 N–H and O–H groups in total. The zero-order chi connectivity index (χ0) is 25.3. The Hall–Kier alpha value is -1.83. The molecule has 2 aromatic heterocycles. The van der Waals surface area contributed by atoms with Gasteiger partial charge in [-0.3, -0.25) is 4.57 Å². The zero-order valence-electron chi connectivity index (χ0n) is 17.5. The highest BCUT2D eigenvalue weighted by Crippen LogP contribution is 2.45. The predicted molar refractivity (Wildman–Crippen MR) is 123 cm³/mol. The molecule has 1 aliphatic rings. The van der Waals surface area contributed by atoms with Gasteiger partial charge in [-0.15, -0.1) is 9.62 Å². The summed E-state index contributed by atoms with van der Waals surface area (Å²) in [5, 5.41) is 32.3. The maximum Gasteiger partial charge on any atom is 0.521 e. The third-order valence-corrected chi connectivity index (χ3v) is 8.33. The number of halogens is 2. The van der Waals surface area contributed by atoms with Gasteiger partial charge < -0.3 is 30.1 Å². The van der Waals surface area contributed by atoms with Crippen molar-refractivity contribution in [2.45, 2.75) is 31.1 Å². The minimum atomic E-state index is -4.55. The maximum absolute atomic E-state index is 11.7. The molecule has 1 aliphatic heterocycles. The van der Waals surface area contributed by atoms with Gasteiger partial charge in [-0.05, 0) is 27.8 Å². The molecule has 0 amide bonds. The van der Waals surface area contributed by atoms with Crippen LogP contribution in [0.3, 0.4) is 0 Å². The van der Waals surface area contributed by atoms with E-state index in [0.29, 0.717) is 11.6 Å². The molecule has 0 radical (unpaired) electrons. The van der Waals surface area contributed by atoms with Gasteiger partial charge in [-0.1, -0.05) is 35.0 Å². The van der Waals surface area contributed by atoms with Gasteiger partial charge in [-0.2, -0.15) is 14.6 Å². The molecule has 5 atom stereocenters. The van der Waals surface area contributed by atoms with Crippen molar-refractivity contribution in [1.82, 2.24) is 25.0 Å². The maximum atomic E-state index is 11.7. The summed E-state index contributed by atoms with van der Waals surface area (Å²) in [7, 11) is -7.27. The van der Waals surface area contributed by atoms with Gasteiger partial charge >= 0.3 is 15.6 Å². The molecule has 1 aromatic carbocycles. The highest BCUT2D eigenvalue weighted by atomic mass is 35.5. The number of nitrogens with one attached hydrogen (secondary N) is 1. The number of hydrogen-bond donors (Lipinski definition) is 5. The molecule has 0 spiro atoms. The van der Waals surface area contributed by atoms with Gasteiger partial charge in [0.25, 0.3) is 5.90 Å². The Bertz CT molecular complexity index is 1290. The molecule has 35 heavy (non-hydrogen) atoms. The number of nitrogens with zero attached hydrogens (tertiary/aromatic N) is 5. The summed E-state index contributed by atoms with van der Waals surface area (Å²) in [6.07, 6.45) is -5.46. The van der Waals surface area contributed by atoms with Crippen molar-refractivity contribution in [1.29, 1.82) is 0 Å². The van der Waals surface area contributed by atoms with Crippen LogP contribution in [-0.2, 0) is 24.9 Å². The first kappa shape index (κ1) is 26.2. The zero-order valence-corrected chi connectivity index (χ0v) is 20.8. The van der Waals surface area contributed by atoms with Gasteiger partial charge in [0, 0.05) is 11.6 Å². The van der Waals surface area contributed by atoms with E-state index in [2.05, 4.69) is 25.6 Å². The Morgan fingerprint density at radius 2 is 1.94 bits per heavy atom. The lowest BCUT2D eigenvalue weighted by Gasteiger charge is -2.15. The molecular formula is C17H19Cl2N6O8P2+. The quantitative estimate of drug-likeness (QED) is 0.184. The van der Waals surface area contributed by atoms with Gasteiger partial charge in [0.15, 0.2) is 23.2 Å². The van der Waals surface area contributed by atoms with Crippen LogP contribution in [0, 0.1) is 0 Å². The topological polar surface area (TPSA) is 202 Å². The van der Waals surface area contributed by atoms with Gasteiger partial charge in [0.1, 0.15) is 24.9 Å². The molecule has 14 nitrogen and oxygen atoms in total. The molecule has 0 saturated carbocycles. The Balaban J connectivity index is 1.52. The second kappa shape index (κ2) is 10.7. The van der Waals surface area contributed by atoms with Crippen molar-refractivity contribution in [3.8, 4) is 0 Å². The predicted octanol–water partition coefficient (Wildman–Crippen LogP) is 1.65. The van der Waals surface area contributed by atoms with E-state index in [1.54, 1.807) is 12.1 Å². The number of hydrogen-bond acceptors (Lipinski definition) is 11. The van der Waals surface area contributed by atoms with Crippen molar-refractivity contribution in [3.63, 3.8) is 0 Å². The molecule has 4 rings (SSSR count). The van der Waals surface area contributed by atoms with Crippen LogP contribution in [0.15, 0.2) is 24.3 Å². The third-order valence-electron chi connectivity index (χ3n) is 4.96. The SMILES string of the molecule is O=[P+](CP(=O)(O)O)OC[C@H]1O[C@@H](n2nnc3c(NCc4ccccc4Cl)nc(Cl)nc32)[C@H](O)[C@@H]1O. The van der Waals surface area contributed by atoms with Crippen LogP contribution in [0.2, 0.25) is 10.3 Å². The summed E-state index contributed by atoms with van der Waals surface area (Å²) < 4.78 is 34.3. The lowest BCUT2D eigenvalue weighted by Crippen LogP contribution is -2.33. The Morgan fingerprint density at radius 1 is 1.20 bits per heavy atom. The standard InChI is InChI=1S/C17H18Cl2N6O8P2/c18-9-4-2-1-3-8(9)5-20-14-11-15(22-17(19)21-14)25(24-23-11)16-13(27)12(26)10(33-16)6-32-34(28)7-35(29,30)31/h1-4,10,12-13,16,26-27H,5-7H2,(H2-,20,21,22,29,30,31)/p+1/t10-,12-,13-,16-/m1/s1. The van der Waals surface area contributed by atoms with Crippen LogP contribution in [0.25, 0.3) is 11.2 Å². The Morgan fingerprint density at radius 3 is 2.66 bits per heavy atom. The van der Waals surface area contributed by atoms with Gasteiger partial charge in [-0.25, -0.2) is 0 Å². The molecule has 0 bridgehead atoms. The number of aromatic nitrogens is 5. The van der Waals surface area contributed by atoms with Crippen molar-refractivity contribution in [3.05, 3.63) is 40.1 Å². The van der Waals surface area contributed by atoms with Crippen LogP contribution in [-0.4, -0.2) is 75.8 Å². The molecule has 3 aromatic rings. The molecule has 188 valence electrons. The highest BCUT2D eigenvalue weighted by Gasteiger charge is 2.47. The number of aliphatic hydroxyl groups is 2. The van der Waals surface area contributed by atoms with Crippen molar-refractivity contribution in [2.24, 2.45) is 0 Å². The lowest BCUT2D eigenvalue weighted by atomic mass is 10.1. The van der Waals surface area contributed by atoms with Gasteiger partial charge in [0.2, 0.25) is 5.28 Å². The first-order valence-electron chi connectivity index (χ1n) is 9.93. The fourth-order valence-electron chi connectivity index (χ4n) is 3.34. The van der Waals surface area contributed by atoms with E-state index < -0.39 is 52.7 Å². The van der Waals surface area contributed by atoms with E-state index in [0.717, 1.165) is 10.2 Å². The molecule has 0 aliphatic carbocycles. The van der Waals surface area contributed by atoms with Crippen LogP contribution >= 0.6 is 38.8 Å². The Kier molecular flexibility index (Phi) is 7.99. The molecule has 3 heterocycles. The molecule has 1 unspecified atom stereocenters. The van der Waals surface area contributed by atoms with E-state index in [1.807, 2.05) is 12.1 Å². The van der Waals surface area contributed by atoms with E-state index in [4.69, 9.17) is 42.2 Å². The molecule has 1 saturated heterocycles. The van der Waals surface area contributed by atoms with Crippen LogP contribution in [0.4, 0.5) is 5.82 Å². The number of ether oxygens (including phenoxy) is 1. The van der Waals surface area contributed by atoms with Crippen LogP contribution in [0.5, 0.6) is 0 Å². The third kappa shape index (κ3) is 6.12. The second-order valence-corrected chi connectivity index (χ2v) is 11.6. The van der Waals surface area contributed by atoms with E-state index >= 15 is 0 Å². The second-order valence-electron chi connectivity index (χ2n) is 7.47. The molecule has 1 fully saturated rings. The first-order valence-corrected chi connectivity index (χ1v) is 13.8. The fraction of sp³-hybridized carbons (Fsp3) is 0.412. The van der Waals surface area contributed by atoms with E-state index in [1.165, 1.54) is 0 Å². The largest absolute Gasteiger partial charge is 0.521 e. The molecule has 18 heteroatoms. The summed E-state index contributed by atoms with van der Waals surface area (Å²) in [5.74, 6) is -0.738. The number of benzene rings is 1. The van der Waals surface area contributed by atoms with Crippen molar-refractivity contribution < 1.29 is 38.4 Å². The summed E-state index contributed by atoms with van der Waals surface area (Å²) in [6, 6.07) is 7.19. The summed E-state index contributed by atoms with van der Waals surface area (Å²) in [5.41, 5.74) is 1.09. The summed E-state index contributed by atoms with van der Waals surface area (Å²) in [4.78, 5) is 26.0. The van der Waals surface area contributed by atoms with Crippen LogP contribution in [0.1, 0.15) is 11.8 Å². The Labute approximate surface area is 208 Å². The summed E-state index contributed by atoms with van der Waals surface area (Å²) in [6.45, 7) is -0.209. The van der Waals surface area contributed by atoms with Crippen molar-refractivity contribution >= 4 is 55.8 Å². The van der Waals surface area contributed by atoms with E-state index in [-0.39, 0.29) is 22.3 Å². The van der Waals surface area contributed by atoms with Crippen LogP contribution < -0.4 is 5.32 Å². The average Bonchev–Trinajstić information content (AvgIpc) is 3.31. The highest BCUT2D eigenvalue weighted by molar-refractivity contribution is 7.64. The smallest absolute Gasteiger partial charge is 0.387 e. The molecular weight excluding hydrogens is 549 g/mol. The minimum Gasteiger partial charge on any atom is -0.387 e. The van der Waals surface area contributed by atoms with Gasteiger partial charge in [0.05, 0.1) is 0 Å². The minimum absolute atomic E-state index is 0.0945.